The van der Waals surface area contributed by atoms with E-state index in [-0.39, 0.29) is 10.8 Å². The molecule has 1 heterocycles. The Morgan fingerprint density at radius 1 is 0.273 bits per heavy atom. The van der Waals surface area contributed by atoms with E-state index in [9.17, 15) is 0 Å². The molecule has 1 aromatic heterocycles. The van der Waals surface area contributed by atoms with Crippen LogP contribution in [0.15, 0.2) is 206 Å². The van der Waals surface area contributed by atoms with Crippen molar-refractivity contribution >= 4 is 32.6 Å². The van der Waals surface area contributed by atoms with E-state index in [0.29, 0.717) is 0 Å². The number of nitrogens with zero attached hydrogens (tertiary/aromatic N) is 2. The Morgan fingerprint density at radius 3 is 1.50 bits per heavy atom. The van der Waals surface area contributed by atoms with Gasteiger partial charge in [0.25, 0.3) is 0 Å². The highest BCUT2D eigenvalue weighted by molar-refractivity contribution is 6.23. The third-order valence-corrected chi connectivity index (χ3v) is 14.9. The Hall–Kier alpha value is -7.94. The summed E-state index contributed by atoms with van der Waals surface area (Å²) in [5, 5.41) is 4.88. The summed E-state index contributed by atoms with van der Waals surface area (Å²) >= 11 is 0. The predicted octanol–water partition coefficient (Wildman–Crippen LogP) is 16.9. The van der Waals surface area contributed by atoms with E-state index in [0.717, 1.165) is 39.1 Å². The molecular weight excluding hydrogens is 797 g/mol. The van der Waals surface area contributed by atoms with Crippen LogP contribution in [0.4, 0.5) is 0 Å². The maximum Gasteiger partial charge on any atom is 0.0973 e. The van der Waals surface area contributed by atoms with Crippen LogP contribution >= 0.6 is 0 Å². The van der Waals surface area contributed by atoms with Crippen LogP contribution in [0.3, 0.4) is 0 Å². The van der Waals surface area contributed by atoms with Crippen molar-refractivity contribution in [3.63, 3.8) is 0 Å². The Bertz CT molecular complexity index is 3800. The van der Waals surface area contributed by atoms with Gasteiger partial charge < -0.3 is 0 Å². The number of hydrogen-bond acceptors (Lipinski definition) is 2. The van der Waals surface area contributed by atoms with Crippen LogP contribution < -0.4 is 0 Å². The van der Waals surface area contributed by atoms with Crippen LogP contribution in [0.2, 0.25) is 0 Å². The molecule has 2 aliphatic rings. The van der Waals surface area contributed by atoms with Gasteiger partial charge >= 0.3 is 0 Å². The lowest BCUT2D eigenvalue weighted by Crippen LogP contribution is -2.14. The monoisotopic (exact) mass is 842 g/mol. The molecule has 11 aromatic rings. The van der Waals surface area contributed by atoms with Crippen molar-refractivity contribution in [2.75, 3.05) is 0 Å². The summed E-state index contributed by atoms with van der Waals surface area (Å²) in [4.78, 5) is 10.8. The van der Waals surface area contributed by atoms with Crippen molar-refractivity contribution in [2.24, 2.45) is 0 Å². The Labute approximate surface area is 385 Å². The van der Waals surface area contributed by atoms with Crippen LogP contribution in [0.5, 0.6) is 0 Å². The first-order valence-corrected chi connectivity index (χ1v) is 23.2. The van der Waals surface area contributed by atoms with Crippen LogP contribution in [0, 0.1) is 0 Å². The fourth-order valence-corrected chi connectivity index (χ4v) is 11.6. The average Bonchev–Trinajstić information content (AvgIpc) is 3.74. The summed E-state index contributed by atoms with van der Waals surface area (Å²) in [7, 11) is 0. The van der Waals surface area contributed by atoms with Gasteiger partial charge in [-0.1, -0.05) is 210 Å². The van der Waals surface area contributed by atoms with Crippen molar-refractivity contribution in [1.82, 2.24) is 9.97 Å². The summed E-state index contributed by atoms with van der Waals surface area (Å²) in [6.45, 7) is 9.49. The lowest BCUT2D eigenvalue weighted by atomic mass is 9.80. The van der Waals surface area contributed by atoms with Crippen molar-refractivity contribution < 1.29 is 0 Å². The van der Waals surface area contributed by atoms with Crippen LogP contribution in [0.1, 0.15) is 49.9 Å². The lowest BCUT2D eigenvalue weighted by molar-refractivity contribution is 0.660. The third-order valence-electron chi connectivity index (χ3n) is 14.9. The van der Waals surface area contributed by atoms with Gasteiger partial charge in [-0.3, -0.25) is 0 Å². The normalized spacial score (nSPS) is 14.0. The molecule has 0 aliphatic heterocycles. The minimum absolute atomic E-state index is 0.0979. The third kappa shape index (κ3) is 5.61. The highest BCUT2D eigenvalue weighted by Crippen LogP contribution is 2.55. The topological polar surface area (TPSA) is 25.8 Å². The molecular formula is C64H46N2. The second kappa shape index (κ2) is 14.3. The maximum absolute atomic E-state index is 5.45. The Kier molecular flexibility index (Phi) is 8.33. The zero-order chi connectivity index (χ0) is 44.3. The van der Waals surface area contributed by atoms with Crippen LogP contribution in [-0.2, 0) is 10.8 Å². The average molecular weight is 843 g/mol. The molecule has 13 rings (SSSR count). The number of fused-ring (bicyclic) bond motifs is 9. The van der Waals surface area contributed by atoms with Crippen LogP contribution in [0.25, 0.3) is 111 Å². The summed E-state index contributed by atoms with van der Waals surface area (Å²) < 4.78 is 0. The smallest absolute Gasteiger partial charge is 0.0973 e. The molecule has 0 saturated carbocycles. The Morgan fingerprint density at radius 2 is 0.773 bits per heavy atom. The van der Waals surface area contributed by atoms with Crippen molar-refractivity contribution in [3.8, 4) is 78.1 Å². The van der Waals surface area contributed by atoms with Crippen LogP contribution in [-0.4, -0.2) is 9.97 Å². The molecule has 2 aliphatic carbocycles. The van der Waals surface area contributed by atoms with E-state index >= 15 is 0 Å². The van der Waals surface area contributed by atoms with E-state index in [2.05, 4.69) is 228 Å². The molecule has 0 saturated heterocycles. The molecule has 0 atom stereocenters. The van der Waals surface area contributed by atoms with Gasteiger partial charge in [0.2, 0.25) is 0 Å². The molecule has 0 radical (unpaired) electrons. The van der Waals surface area contributed by atoms with Crippen molar-refractivity contribution in [1.29, 1.82) is 0 Å². The maximum atomic E-state index is 5.45. The summed E-state index contributed by atoms with van der Waals surface area (Å²) in [6.07, 6.45) is 0. The van der Waals surface area contributed by atoms with Gasteiger partial charge in [-0.15, -0.1) is 0 Å². The van der Waals surface area contributed by atoms with Gasteiger partial charge in [-0.05, 0) is 124 Å². The molecule has 0 fully saturated rings. The van der Waals surface area contributed by atoms with Gasteiger partial charge in [-0.25, -0.2) is 9.97 Å². The number of aromatic nitrogens is 2. The van der Waals surface area contributed by atoms with E-state index in [1.807, 2.05) is 6.07 Å². The fraction of sp³-hybridized carbons (Fsp3) is 0.0938. The molecule has 2 heteroatoms. The molecule has 2 nitrogen and oxygen atoms in total. The van der Waals surface area contributed by atoms with E-state index < -0.39 is 0 Å². The van der Waals surface area contributed by atoms with Gasteiger partial charge in [-0.2, -0.15) is 0 Å². The lowest BCUT2D eigenvalue weighted by Gasteiger charge is -2.23. The first-order valence-electron chi connectivity index (χ1n) is 23.2. The zero-order valence-corrected chi connectivity index (χ0v) is 37.5. The molecule has 312 valence electrons. The van der Waals surface area contributed by atoms with Gasteiger partial charge in [0.1, 0.15) is 0 Å². The molecule has 0 N–H and O–H groups in total. The second-order valence-corrected chi connectivity index (χ2v) is 19.2. The number of rotatable bonds is 5. The van der Waals surface area contributed by atoms with E-state index in [1.54, 1.807) is 0 Å². The van der Waals surface area contributed by atoms with Gasteiger partial charge in [0.05, 0.1) is 22.4 Å². The van der Waals surface area contributed by atoms with E-state index in [1.165, 1.54) is 93.9 Å². The van der Waals surface area contributed by atoms with Gasteiger partial charge in [0, 0.05) is 22.0 Å². The summed E-state index contributed by atoms with van der Waals surface area (Å²) in [5.74, 6) is 0. The number of hydrogen-bond donors (Lipinski definition) is 0. The largest absolute Gasteiger partial charge is 0.244 e. The highest BCUT2D eigenvalue weighted by atomic mass is 14.8. The van der Waals surface area contributed by atoms with Gasteiger partial charge in [0.15, 0.2) is 0 Å². The Balaban J connectivity index is 1.09. The molecule has 0 bridgehead atoms. The first-order chi connectivity index (χ1) is 32.3. The fourth-order valence-electron chi connectivity index (χ4n) is 11.6. The molecule has 0 amide bonds. The first kappa shape index (κ1) is 38.5. The second-order valence-electron chi connectivity index (χ2n) is 19.2. The molecule has 66 heavy (non-hydrogen) atoms. The zero-order valence-electron chi connectivity index (χ0n) is 37.5. The SMILES string of the molecule is CC1(C)c2ccccc2-c2ccc(-c3ccc4c(-c5ccc6nc(-c7ccccc7)c(-c7ccccc7)nc6c5)c5ccccc5c(-c5cccc6c5-c5ccccc5C6(C)C)c4c3)cc21. The molecule has 0 spiro atoms. The standard InChI is InChI=1S/C64H46N2/c1-63(2)53-28-16-14-25-49(53)60-50(26-17-29-54(60)63)59-47-24-12-11-23-46(47)58(43-32-35-56-57(38-43)66-62(40-20-9-6-10-21-40)61(65-56)39-18-7-5-8-19-39)48-34-31-41(36-51(48)59)42-30-33-45-44-22-13-15-27-52(44)64(3,4)55(45)37-42/h5-38H,1-4H3. The predicted molar refractivity (Wildman–Crippen MR) is 277 cm³/mol. The molecule has 0 unspecified atom stereocenters. The minimum Gasteiger partial charge on any atom is -0.244 e. The summed E-state index contributed by atoms with van der Waals surface area (Å²) in [6, 6.07) is 75.8. The minimum atomic E-state index is -0.126. The summed E-state index contributed by atoms with van der Waals surface area (Å²) in [5.41, 5.74) is 23.5. The molecule has 10 aromatic carbocycles. The van der Waals surface area contributed by atoms with Crippen molar-refractivity contribution in [2.45, 2.75) is 38.5 Å². The quantitative estimate of drug-likeness (QED) is 0.161. The van der Waals surface area contributed by atoms with E-state index in [4.69, 9.17) is 9.97 Å². The number of benzene rings is 10. The highest BCUT2D eigenvalue weighted by Gasteiger charge is 2.38. The van der Waals surface area contributed by atoms with Crippen molar-refractivity contribution in [3.05, 3.63) is 229 Å².